The number of halogens is 1. The molecule has 0 bridgehead atoms. The maximum atomic E-state index is 11.6. The summed E-state index contributed by atoms with van der Waals surface area (Å²) >= 11 is 3.25. The average Bonchev–Trinajstić information content (AvgIpc) is 2.75. The predicted octanol–water partition coefficient (Wildman–Crippen LogP) is 2.27. The molecule has 0 aliphatic carbocycles. The van der Waals surface area contributed by atoms with E-state index in [9.17, 15) is 4.79 Å². The van der Waals surface area contributed by atoms with Crippen molar-refractivity contribution in [2.75, 3.05) is 11.1 Å². The molecule has 2 aromatic rings. The first-order valence-corrected chi connectivity index (χ1v) is 5.22. The van der Waals surface area contributed by atoms with Crippen molar-refractivity contribution < 1.29 is 9.21 Å². The molecule has 0 radical (unpaired) electrons. The predicted molar refractivity (Wildman–Crippen MR) is 63.0 cm³/mol. The van der Waals surface area contributed by atoms with Crippen molar-refractivity contribution in [2.45, 2.75) is 0 Å². The van der Waals surface area contributed by atoms with Crippen molar-refractivity contribution in [3.8, 4) is 0 Å². The van der Waals surface area contributed by atoms with E-state index in [1.54, 1.807) is 18.2 Å². The van der Waals surface area contributed by atoms with Gasteiger partial charge in [0.05, 0.1) is 22.6 Å². The molecule has 0 fully saturated rings. The van der Waals surface area contributed by atoms with Crippen LogP contribution in [0.3, 0.4) is 0 Å². The fourth-order valence-corrected chi connectivity index (χ4v) is 1.59. The van der Waals surface area contributed by atoms with Crippen molar-refractivity contribution in [1.82, 2.24) is 4.98 Å². The summed E-state index contributed by atoms with van der Waals surface area (Å²) in [5.41, 5.74) is 6.05. The quantitative estimate of drug-likeness (QED) is 0.885. The Morgan fingerprint density at radius 1 is 1.56 bits per heavy atom. The zero-order chi connectivity index (χ0) is 11.5. The molecule has 0 aliphatic heterocycles. The number of aromatic nitrogens is 1. The SMILES string of the molecule is Nc1cnc(NC(=O)c2ccco2)c(Br)c1. The summed E-state index contributed by atoms with van der Waals surface area (Å²) in [7, 11) is 0. The van der Waals surface area contributed by atoms with Gasteiger partial charge >= 0.3 is 0 Å². The van der Waals surface area contributed by atoms with E-state index < -0.39 is 0 Å². The topological polar surface area (TPSA) is 81.1 Å². The van der Waals surface area contributed by atoms with E-state index in [1.807, 2.05) is 0 Å². The first-order chi connectivity index (χ1) is 7.66. The summed E-state index contributed by atoms with van der Waals surface area (Å²) < 4.78 is 5.57. The molecule has 0 aromatic carbocycles. The van der Waals surface area contributed by atoms with E-state index in [0.717, 1.165) is 0 Å². The number of carbonyl (C=O) groups excluding carboxylic acids is 1. The first-order valence-electron chi connectivity index (χ1n) is 4.42. The summed E-state index contributed by atoms with van der Waals surface area (Å²) in [5, 5.41) is 2.59. The number of amides is 1. The van der Waals surface area contributed by atoms with Crippen LogP contribution in [0.5, 0.6) is 0 Å². The van der Waals surface area contributed by atoms with E-state index in [1.165, 1.54) is 12.5 Å². The van der Waals surface area contributed by atoms with Crippen LogP contribution in [0.1, 0.15) is 10.6 Å². The second kappa shape index (κ2) is 4.36. The number of pyridine rings is 1. The van der Waals surface area contributed by atoms with Gasteiger partial charge in [0, 0.05) is 0 Å². The van der Waals surface area contributed by atoms with Gasteiger partial charge < -0.3 is 15.5 Å². The highest BCUT2D eigenvalue weighted by atomic mass is 79.9. The van der Waals surface area contributed by atoms with Crippen molar-refractivity contribution in [1.29, 1.82) is 0 Å². The van der Waals surface area contributed by atoms with Crippen LogP contribution in [0.25, 0.3) is 0 Å². The molecule has 5 nitrogen and oxygen atoms in total. The number of nitrogens with zero attached hydrogens (tertiary/aromatic N) is 1. The Kier molecular flexibility index (Phi) is 2.91. The van der Waals surface area contributed by atoms with Crippen molar-refractivity contribution in [2.24, 2.45) is 0 Å². The Morgan fingerprint density at radius 3 is 3.00 bits per heavy atom. The third-order valence-corrected chi connectivity index (χ3v) is 2.44. The molecule has 0 aliphatic rings. The van der Waals surface area contributed by atoms with Crippen molar-refractivity contribution in [3.63, 3.8) is 0 Å². The van der Waals surface area contributed by atoms with Gasteiger partial charge in [0.1, 0.15) is 5.82 Å². The van der Waals surface area contributed by atoms with E-state index in [-0.39, 0.29) is 11.7 Å². The highest BCUT2D eigenvalue weighted by molar-refractivity contribution is 9.10. The number of nitrogens with one attached hydrogen (secondary N) is 1. The minimum Gasteiger partial charge on any atom is -0.459 e. The van der Waals surface area contributed by atoms with Crippen LogP contribution < -0.4 is 11.1 Å². The zero-order valence-corrected chi connectivity index (χ0v) is 9.69. The lowest BCUT2D eigenvalue weighted by molar-refractivity contribution is 0.0996. The van der Waals surface area contributed by atoms with Crippen LogP contribution in [-0.4, -0.2) is 10.9 Å². The van der Waals surface area contributed by atoms with E-state index in [2.05, 4.69) is 26.2 Å². The van der Waals surface area contributed by atoms with Crippen LogP contribution in [0, 0.1) is 0 Å². The minimum absolute atomic E-state index is 0.227. The summed E-state index contributed by atoms with van der Waals surface area (Å²) in [6.07, 6.45) is 2.89. The molecule has 3 N–H and O–H groups in total. The second-order valence-corrected chi connectivity index (χ2v) is 3.88. The molecule has 0 unspecified atom stereocenters. The number of hydrogen-bond acceptors (Lipinski definition) is 4. The monoisotopic (exact) mass is 281 g/mol. The Labute approximate surface area is 99.8 Å². The van der Waals surface area contributed by atoms with Gasteiger partial charge in [-0.3, -0.25) is 4.79 Å². The summed E-state index contributed by atoms with van der Waals surface area (Å²) in [4.78, 5) is 15.6. The summed E-state index contributed by atoms with van der Waals surface area (Å²) in [6, 6.07) is 4.87. The fourth-order valence-electron chi connectivity index (χ4n) is 1.12. The number of rotatable bonds is 2. The molecule has 6 heteroatoms. The Morgan fingerprint density at radius 2 is 2.38 bits per heavy atom. The molecule has 2 aromatic heterocycles. The van der Waals surface area contributed by atoms with Gasteiger partial charge in [0.15, 0.2) is 5.76 Å². The minimum atomic E-state index is -0.358. The molecular weight excluding hydrogens is 274 g/mol. The standard InChI is InChI=1S/C10H8BrN3O2/c11-7-4-6(12)5-13-9(7)14-10(15)8-2-1-3-16-8/h1-5H,12H2,(H,13,14,15). The largest absolute Gasteiger partial charge is 0.459 e. The van der Waals surface area contributed by atoms with Gasteiger partial charge in [-0.15, -0.1) is 0 Å². The van der Waals surface area contributed by atoms with Gasteiger partial charge in [-0.05, 0) is 34.1 Å². The maximum Gasteiger partial charge on any atom is 0.292 e. The lowest BCUT2D eigenvalue weighted by Gasteiger charge is -2.04. The Balaban J connectivity index is 2.18. The maximum absolute atomic E-state index is 11.6. The van der Waals surface area contributed by atoms with Gasteiger partial charge in [-0.2, -0.15) is 0 Å². The van der Waals surface area contributed by atoms with Gasteiger partial charge in [0.2, 0.25) is 0 Å². The fraction of sp³-hybridized carbons (Fsp3) is 0. The average molecular weight is 282 g/mol. The first kappa shape index (κ1) is 10.7. The van der Waals surface area contributed by atoms with E-state index in [0.29, 0.717) is 16.0 Å². The third-order valence-electron chi connectivity index (χ3n) is 1.84. The molecule has 1 amide bonds. The third kappa shape index (κ3) is 2.22. The molecule has 0 saturated heterocycles. The lowest BCUT2D eigenvalue weighted by Crippen LogP contribution is -2.12. The number of anilines is 2. The lowest BCUT2D eigenvalue weighted by atomic mass is 10.4. The summed E-state index contributed by atoms with van der Waals surface area (Å²) in [6.45, 7) is 0. The van der Waals surface area contributed by atoms with Crippen LogP contribution in [0.2, 0.25) is 0 Å². The number of nitrogen functional groups attached to an aromatic ring is 1. The van der Waals surface area contributed by atoms with Crippen molar-refractivity contribution >= 4 is 33.3 Å². The molecule has 16 heavy (non-hydrogen) atoms. The van der Waals surface area contributed by atoms with Gasteiger partial charge in [-0.1, -0.05) is 0 Å². The van der Waals surface area contributed by atoms with Crippen LogP contribution in [0.4, 0.5) is 11.5 Å². The smallest absolute Gasteiger partial charge is 0.292 e. The Bertz CT molecular complexity index is 511. The number of carbonyl (C=O) groups is 1. The zero-order valence-electron chi connectivity index (χ0n) is 8.11. The van der Waals surface area contributed by atoms with Crippen molar-refractivity contribution in [3.05, 3.63) is 40.9 Å². The molecule has 82 valence electrons. The molecule has 0 saturated carbocycles. The molecule has 0 spiro atoms. The number of furan rings is 1. The van der Waals surface area contributed by atoms with Gasteiger partial charge in [-0.25, -0.2) is 4.98 Å². The van der Waals surface area contributed by atoms with Crippen LogP contribution >= 0.6 is 15.9 Å². The van der Waals surface area contributed by atoms with Crippen LogP contribution in [0.15, 0.2) is 39.5 Å². The van der Waals surface area contributed by atoms with Gasteiger partial charge in [0.25, 0.3) is 5.91 Å². The van der Waals surface area contributed by atoms with E-state index >= 15 is 0 Å². The molecule has 2 heterocycles. The number of nitrogens with two attached hydrogens (primary N) is 1. The van der Waals surface area contributed by atoms with Crippen LogP contribution in [-0.2, 0) is 0 Å². The van der Waals surface area contributed by atoms with E-state index in [4.69, 9.17) is 10.2 Å². The molecular formula is C10H8BrN3O2. The highest BCUT2D eigenvalue weighted by Crippen LogP contribution is 2.22. The summed E-state index contributed by atoms with van der Waals surface area (Å²) in [5.74, 6) is 0.268. The highest BCUT2D eigenvalue weighted by Gasteiger charge is 2.11. The second-order valence-electron chi connectivity index (χ2n) is 3.03. The normalized spacial score (nSPS) is 10.1. The molecule has 0 atom stereocenters. The Hall–Kier alpha value is -1.82. The molecule has 2 rings (SSSR count). The number of hydrogen-bond donors (Lipinski definition) is 2.